The van der Waals surface area contributed by atoms with Crippen LogP contribution in [0.5, 0.6) is 0 Å². The molecule has 0 aliphatic heterocycles. The predicted molar refractivity (Wildman–Crippen MR) is 63.0 cm³/mol. The molecule has 0 unspecified atom stereocenters. The van der Waals surface area contributed by atoms with Gasteiger partial charge in [-0.2, -0.15) is 9.57 Å². The average molecular weight is 268 g/mol. The number of methoxy groups -OCH3 is 1. The van der Waals surface area contributed by atoms with E-state index in [4.69, 9.17) is 5.26 Å². The molecule has 0 atom stereocenters. The highest BCUT2D eigenvalue weighted by Gasteiger charge is 2.23. The van der Waals surface area contributed by atoms with Gasteiger partial charge in [0, 0.05) is 7.05 Å². The predicted octanol–water partition coefficient (Wildman–Crippen LogP) is 0.352. The minimum absolute atomic E-state index is 0.0343. The molecule has 0 fully saturated rings. The van der Waals surface area contributed by atoms with Crippen LogP contribution in [-0.4, -0.2) is 39.4 Å². The minimum Gasteiger partial charge on any atom is -0.468 e. The molecule has 7 heteroatoms. The van der Waals surface area contributed by atoms with Crippen LogP contribution in [0, 0.1) is 11.3 Å². The number of benzene rings is 1. The third kappa shape index (κ3) is 3.06. The number of carbonyl (C=O) groups excluding carboxylic acids is 1. The van der Waals surface area contributed by atoms with E-state index in [0.717, 1.165) is 4.31 Å². The van der Waals surface area contributed by atoms with Gasteiger partial charge in [0.2, 0.25) is 10.0 Å². The molecule has 1 rings (SSSR count). The van der Waals surface area contributed by atoms with Crippen molar-refractivity contribution in [2.45, 2.75) is 4.90 Å². The Balaban J connectivity index is 3.06. The summed E-state index contributed by atoms with van der Waals surface area (Å²) >= 11 is 0. The zero-order valence-corrected chi connectivity index (χ0v) is 10.8. The fourth-order valence-corrected chi connectivity index (χ4v) is 2.40. The Labute approximate surface area is 105 Å². The lowest BCUT2D eigenvalue weighted by molar-refractivity contribution is -0.140. The molecule has 0 heterocycles. The van der Waals surface area contributed by atoms with Crippen LogP contribution in [-0.2, 0) is 19.6 Å². The van der Waals surface area contributed by atoms with E-state index in [-0.39, 0.29) is 17.0 Å². The zero-order valence-electron chi connectivity index (χ0n) is 9.95. The van der Waals surface area contributed by atoms with Crippen LogP contribution >= 0.6 is 0 Å². The molecule has 18 heavy (non-hydrogen) atoms. The monoisotopic (exact) mass is 268 g/mol. The van der Waals surface area contributed by atoms with E-state index >= 15 is 0 Å². The fourth-order valence-electron chi connectivity index (χ4n) is 1.24. The van der Waals surface area contributed by atoms with E-state index in [1.807, 2.05) is 6.07 Å². The molecular weight excluding hydrogens is 256 g/mol. The van der Waals surface area contributed by atoms with E-state index in [1.54, 1.807) is 0 Å². The second-order valence-corrected chi connectivity index (χ2v) is 5.52. The molecular formula is C11H12N2O4S. The molecule has 0 saturated heterocycles. The average Bonchev–Trinajstić information content (AvgIpc) is 2.38. The first-order chi connectivity index (χ1) is 8.41. The number of carbonyl (C=O) groups is 1. The third-order valence-corrected chi connectivity index (χ3v) is 4.05. The third-order valence-electron chi connectivity index (χ3n) is 2.25. The summed E-state index contributed by atoms with van der Waals surface area (Å²) < 4.78 is 29.4. The van der Waals surface area contributed by atoms with Crippen LogP contribution in [0.3, 0.4) is 0 Å². The highest BCUT2D eigenvalue weighted by molar-refractivity contribution is 7.89. The topological polar surface area (TPSA) is 87.5 Å². The molecule has 96 valence electrons. The molecule has 0 aliphatic carbocycles. The van der Waals surface area contributed by atoms with Gasteiger partial charge in [-0.25, -0.2) is 8.42 Å². The van der Waals surface area contributed by atoms with E-state index in [2.05, 4.69) is 4.74 Å². The Morgan fingerprint density at radius 1 is 1.50 bits per heavy atom. The molecule has 1 aromatic rings. The van der Waals surface area contributed by atoms with Crippen molar-refractivity contribution in [3.63, 3.8) is 0 Å². The Morgan fingerprint density at radius 2 is 2.17 bits per heavy atom. The number of hydrogen-bond acceptors (Lipinski definition) is 5. The van der Waals surface area contributed by atoms with Crippen molar-refractivity contribution in [3.8, 4) is 6.07 Å². The van der Waals surface area contributed by atoms with Gasteiger partial charge < -0.3 is 4.74 Å². The Bertz CT molecular complexity index is 589. The molecule has 0 N–H and O–H groups in total. The highest BCUT2D eigenvalue weighted by atomic mass is 32.2. The number of esters is 1. The van der Waals surface area contributed by atoms with E-state index < -0.39 is 16.0 Å². The van der Waals surface area contributed by atoms with E-state index in [9.17, 15) is 13.2 Å². The van der Waals surface area contributed by atoms with Crippen LogP contribution in [0.15, 0.2) is 29.2 Å². The van der Waals surface area contributed by atoms with E-state index in [0.29, 0.717) is 0 Å². The second-order valence-electron chi connectivity index (χ2n) is 3.48. The number of hydrogen-bond donors (Lipinski definition) is 0. The molecule has 1 aromatic carbocycles. The summed E-state index contributed by atoms with van der Waals surface area (Å²) in [5, 5.41) is 8.72. The maximum absolute atomic E-state index is 12.1. The molecule has 0 saturated carbocycles. The van der Waals surface area contributed by atoms with Crippen LogP contribution in [0.1, 0.15) is 5.56 Å². The van der Waals surface area contributed by atoms with Crippen LogP contribution in [0.4, 0.5) is 0 Å². The van der Waals surface area contributed by atoms with Gasteiger partial charge in [0.25, 0.3) is 0 Å². The largest absolute Gasteiger partial charge is 0.468 e. The quantitative estimate of drug-likeness (QED) is 0.735. The summed E-state index contributed by atoms with van der Waals surface area (Å²) in [6.07, 6.45) is 0. The van der Waals surface area contributed by atoms with Gasteiger partial charge in [-0.15, -0.1) is 0 Å². The summed E-state index contributed by atoms with van der Waals surface area (Å²) in [5.41, 5.74) is 0.238. The number of likely N-dealkylation sites (N-methyl/N-ethyl adjacent to an activating group) is 1. The lowest BCUT2D eigenvalue weighted by Crippen LogP contribution is -2.32. The van der Waals surface area contributed by atoms with Gasteiger partial charge in [0.05, 0.1) is 23.6 Å². The maximum atomic E-state index is 12.1. The number of rotatable bonds is 4. The highest BCUT2D eigenvalue weighted by Crippen LogP contribution is 2.15. The summed E-state index contributed by atoms with van der Waals surface area (Å²) in [7, 11) is -1.35. The van der Waals surface area contributed by atoms with Crippen molar-refractivity contribution >= 4 is 16.0 Å². The van der Waals surface area contributed by atoms with Crippen molar-refractivity contribution in [1.29, 1.82) is 5.26 Å². The van der Waals surface area contributed by atoms with Crippen molar-refractivity contribution < 1.29 is 17.9 Å². The fraction of sp³-hybridized carbons (Fsp3) is 0.273. The van der Waals surface area contributed by atoms with E-state index in [1.165, 1.54) is 38.4 Å². The SMILES string of the molecule is COC(=O)CN(C)S(=O)(=O)c1cccc(C#N)c1. The molecule has 0 aromatic heterocycles. The maximum Gasteiger partial charge on any atom is 0.321 e. The second kappa shape index (κ2) is 5.62. The van der Waals surface area contributed by atoms with Crippen LogP contribution in [0.25, 0.3) is 0 Å². The van der Waals surface area contributed by atoms with Crippen LogP contribution < -0.4 is 0 Å². The van der Waals surface area contributed by atoms with Crippen molar-refractivity contribution in [3.05, 3.63) is 29.8 Å². The standard InChI is InChI=1S/C11H12N2O4S/c1-13(8-11(14)17-2)18(15,16)10-5-3-4-9(6-10)7-12/h3-6H,8H2,1-2H3. The van der Waals surface area contributed by atoms with Crippen molar-refractivity contribution in [1.82, 2.24) is 4.31 Å². The van der Waals surface area contributed by atoms with Gasteiger partial charge in [-0.1, -0.05) is 6.07 Å². The van der Waals surface area contributed by atoms with Crippen molar-refractivity contribution in [2.24, 2.45) is 0 Å². The van der Waals surface area contributed by atoms with Gasteiger partial charge in [0.1, 0.15) is 6.54 Å². The van der Waals surface area contributed by atoms with Gasteiger partial charge in [-0.05, 0) is 18.2 Å². The molecule has 6 nitrogen and oxygen atoms in total. The lowest BCUT2D eigenvalue weighted by atomic mass is 10.2. The molecule has 0 radical (unpaired) electrons. The summed E-state index contributed by atoms with van der Waals surface area (Å²) in [6, 6.07) is 7.44. The summed E-state index contributed by atoms with van der Waals surface area (Å²) in [6.45, 7) is -0.379. The summed E-state index contributed by atoms with van der Waals surface area (Å²) in [4.78, 5) is 11.0. The molecule has 0 bridgehead atoms. The van der Waals surface area contributed by atoms with Gasteiger partial charge in [-0.3, -0.25) is 4.79 Å². The molecule has 0 amide bonds. The lowest BCUT2D eigenvalue weighted by Gasteiger charge is -2.15. The normalized spacial score (nSPS) is 11.0. The Morgan fingerprint density at radius 3 is 2.72 bits per heavy atom. The minimum atomic E-state index is -3.80. The smallest absolute Gasteiger partial charge is 0.321 e. The first-order valence-corrected chi connectivity index (χ1v) is 6.39. The summed E-state index contributed by atoms with van der Waals surface area (Å²) in [5.74, 6) is -0.655. The van der Waals surface area contributed by atoms with Gasteiger partial charge >= 0.3 is 5.97 Å². The number of nitrogens with zero attached hydrogens (tertiary/aromatic N) is 2. The first kappa shape index (κ1) is 14.2. The molecule has 0 spiro atoms. The number of nitriles is 1. The zero-order chi connectivity index (χ0) is 13.8. The van der Waals surface area contributed by atoms with Crippen LogP contribution in [0.2, 0.25) is 0 Å². The molecule has 0 aliphatic rings. The number of sulfonamides is 1. The Hall–Kier alpha value is -1.91. The van der Waals surface area contributed by atoms with Gasteiger partial charge in [0.15, 0.2) is 0 Å². The number of ether oxygens (including phenoxy) is 1. The van der Waals surface area contributed by atoms with Crippen molar-refractivity contribution in [2.75, 3.05) is 20.7 Å². The first-order valence-electron chi connectivity index (χ1n) is 4.95. The Kier molecular flexibility index (Phi) is 4.42.